The monoisotopic (exact) mass is 724 g/mol. The minimum Gasteiger partial charge on any atom is -0.329 e. The maximum absolute atomic E-state index is 5.10. The molecule has 13 rings (SSSR count). The Morgan fingerprint density at radius 2 is 1.02 bits per heavy atom. The Labute approximate surface area is 328 Å². The molecule has 4 heteroatoms. The number of rotatable bonds is 5. The van der Waals surface area contributed by atoms with Crippen LogP contribution in [-0.2, 0) is 11.0 Å². The molecular weight excluding hydrogens is 681 g/mol. The highest BCUT2D eigenvalue weighted by molar-refractivity contribution is 6.17. The van der Waals surface area contributed by atoms with Gasteiger partial charge in [0.25, 0.3) is 0 Å². The molecule has 0 amide bonds. The maximum Gasteiger partial charge on any atom is 0.164 e. The normalized spacial score (nSPS) is 24.1. The van der Waals surface area contributed by atoms with Gasteiger partial charge in [-0.3, -0.25) is 0 Å². The lowest BCUT2D eigenvalue weighted by atomic mass is 9.47. The summed E-state index contributed by atoms with van der Waals surface area (Å²) >= 11 is 0. The van der Waals surface area contributed by atoms with Crippen LogP contribution in [0.2, 0.25) is 0 Å². The van der Waals surface area contributed by atoms with E-state index in [4.69, 9.17) is 15.0 Å². The summed E-state index contributed by atoms with van der Waals surface area (Å²) in [6.45, 7) is 4.81. The maximum atomic E-state index is 5.10. The van der Waals surface area contributed by atoms with E-state index < -0.39 is 0 Å². The first-order valence-corrected chi connectivity index (χ1v) is 20.6. The molecule has 4 saturated carbocycles. The van der Waals surface area contributed by atoms with Gasteiger partial charge in [0.15, 0.2) is 17.5 Å². The number of hydrogen-bond donors (Lipinski definition) is 0. The van der Waals surface area contributed by atoms with Crippen molar-refractivity contribution < 1.29 is 0 Å². The zero-order valence-electron chi connectivity index (χ0n) is 32.0. The second-order valence-electron chi connectivity index (χ2n) is 17.7. The molecule has 5 aliphatic rings. The second-order valence-corrected chi connectivity index (χ2v) is 17.7. The molecule has 0 saturated heterocycles. The van der Waals surface area contributed by atoms with Crippen molar-refractivity contribution in [2.75, 3.05) is 0 Å². The zero-order chi connectivity index (χ0) is 37.2. The number of hydrogen-bond acceptors (Lipinski definition) is 3. The third kappa shape index (κ3) is 4.44. The number of para-hydroxylation sites is 1. The molecule has 0 radical (unpaired) electrons. The Balaban J connectivity index is 1.08. The van der Waals surface area contributed by atoms with E-state index in [0.717, 1.165) is 28.5 Å². The fraction of sp³-hybridized carbons (Fsp3) is 0.250. The van der Waals surface area contributed by atoms with Crippen molar-refractivity contribution in [3.8, 4) is 45.3 Å². The first-order chi connectivity index (χ1) is 27.5. The Morgan fingerprint density at radius 1 is 0.482 bits per heavy atom. The third-order valence-electron chi connectivity index (χ3n) is 14.4. The molecule has 5 aliphatic carbocycles. The molecule has 4 fully saturated rings. The summed E-state index contributed by atoms with van der Waals surface area (Å²) in [6.07, 6.45) is 6.63. The van der Waals surface area contributed by atoms with Crippen LogP contribution >= 0.6 is 0 Å². The molecule has 2 aromatic heterocycles. The van der Waals surface area contributed by atoms with Gasteiger partial charge >= 0.3 is 0 Å². The van der Waals surface area contributed by atoms with Crippen LogP contribution in [0.4, 0.5) is 0 Å². The van der Waals surface area contributed by atoms with E-state index in [-0.39, 0.29) is 11.0 Å². The molecule has 6 aromatic carbocycles. The molecule has 8 aromatic rings. The van der Waals surface area contributed by atoms with Gasteiger partial charge in [-0.25, -0.2) is 15.0 Å². The summed E-state index contributed by atoms with van der Waals surface area (Å²) < 4.78 is 2.87. The highest BCUT2D eigenvalue weighted by Gasteiger charge is 2.59. The molecule has 4 nitrogen and oxygen atoms in total. The zero-order valence-corrected chi connectivity index (χ0v) is 32.0. The molecule has 0 spiro atoms. The average Bonchev–Trinajstić information content (AvgIpc) is 3.70. The summed E-state index contributed by atoms with van der Waals surface area (Å²) in [5.41, 5.74) is 12.7. The quantitative estimate of drug-likeness (QED) is 0.177. The predicted octanol–water partition coefficient (Wildman–Crippen LogP) is 12.5. The molecule has 2 heterocycles. The van der Waals surface area contributed by atoms with Crippen molar-refractivity contribution in [2.24, 2.45) is 23.7 Å². The summed E-state index contributed by atoms with van der Waals surface area (Å²) in [5.74, 6) is 4.93. The lowest BCUT2D eigenvalue weighted by Gasteiger charge is -2.62. The topological polar surface area (TPSA) is 43.6 Å². The second kappa shape index (κ2) is 11.8. The van der Waals surface area contributed by atoms with Crippen molar-refractivity contribution in [3.63, 3.8) is 0 Å². The van der Waals surface area contributed by atoms with Crippen molar-refractivity contribution in [2.45, 2.75) is 56.9 Å². The highest BCUT2D eigenvalue weighted by atomic mass is 15.1. The number of benzene rings is 6. The SMILES string of the molecule is CC1(C)c2ccccc2-c2c1ccc1c2c2ccccc2n1C1(c2ccc(-c3nc(-c4ccccc4)nc(-c4ccccc4)n3)cc2)C2CC3CC(C2)CC1C3. The molecule has 0 N–H and O–H groups in total. The van der Waals surface area contributed by atoms with Gasteiger partial charge in [0.05, 0.1) is 11.1 Å². The van der Waals surface area contributed by atoms with E-state index in [1.165, 1.54) is 81.7 Å². The standard InChI is InChI=1S/C52H44N4/c1-51(2)42-19-11-9-17-40(42)46-43(51)25-26-45-47(46)41-18-10-12-20-44(41)56(45)52(38-28-32-27-33(30-38)31-39(52)29-32)37-23-21-36(22-24-37)50-54-48(34-13-5-3-6-14-34)53-49(55-50)35-15-7-4-8-16-35/h3-26,32-33,38-39H,27-31H2,1-2H3. The number of nitrogens with zero attached hydrogens (tertiary/aromatic N) is 4. The fourth-order valence-electron chi connectivity index (χ4n) is 12.3. The van der Waals surface area contributed by atoms with E-state index in [9.17, 15) is 0 Å². The van der Waals surface area contributed by atoms with Crippen LogP contribution in [0.15, 0.2) is 146 Å². The lowest BCUT2D eigenvalue weighted by molar-refractivity contribution is -0.0719. The van der Waals surface area contributed by atoms with E-state index in [0.29, 0.717) is 29.3 Å². The minimum atomic E-state index is -0.154. The first-order valence-electron chi connectivity index (χ1n) is 20.6. The van der Waals surface area contributed by atoms with Crippen molar-refractivity contribution in [1.29, 1.82) is 0 Å². The van der Waals surface area contributed by atoms with Gasteiger partial charge in [0.1, 0.15) is 0 Å². The lowest BCUT2D eigenvalue weighted by Crippen LogP contribution is -2.59. The summed E-state index contributed by atoms with van der Waals surface area (Å²) in [7, 11) is 0. The Kier molecular flexibility index (Phi) is 6.83. The molecule has 272 valence electrons. The van der Waals surface area contributed by atoms with E-state index in [1.807, 2.05) is 36.4 Å². The summed E-state index contributed by atoms with van der Waals surface area (Å²) in [5, 5.41) is 2.80. The van der Waals surface area contributed by atoms with Gasteiger partial charge < -0.3 is 4.57 Å². The van der Waals surface area contributed by atoms with Crippen molar-refractivity contribution in [1.82, 2.24) is 19.5 Å². The summed E-state index contributed by atoms with van der Waals surface area (Å²) in [4.78, 5) is 15.2. The van der Waals surface area contributed by atoms with Gasteiger partial charge in [-0.2, -0.15) is 0 Å². The Morgan fingerprint density at radius 3 is 1.64 bits per heavy atom. The van der Waals surface area contributed by atoms with Crippen LogP contribution in [0.5, 0.6) is 0 Å². The van der Waals surface area contributed by atoms with Crippen molar-refractivity contribution in [3.05, 3.63) is 162 Å². The molecule has 4 bridgehead atoms. The Bertz CT molecular complexity index is 2750. The van der Waals surface area contributed by atoms with Crippen LogP contribution in [-0.4, -0.2) is 19.5 Å². The molecule has 0 unspecified atom stereocenters. The van der Waals surface area contributed by atoms with E-state index in [2.05, 4.69) is 128 Å². The van der Waals surface area contributed by atoms with Gasteiger partial charge in [-0.15, -0.1) is 0 Å². The van der Waals surface area contributed by atoms with Crippen LogP contribution in [0.3, 0.4) is 0 Å². The fourth-order valence-corrected chi connectivity index (χ4v) is 12.3. The van der Waals surface area contributed by atoms with E-state index >= 15 is 0 Å². The molecule has 0 atom stereocenters. The largest absolute Gasteiger partial charge is 0.329 e. The molecule has 0 aliphatic heterocycles. The number of aromatic nitrogens is 4. The first kappa shape index (κ1) is 32.4. The Hall–Kier alpha value is -5.87. The average molecular weight is 725 g/mol. The van der Waals surface area contributed by atoms with Crippen LogP contribution < -0.4 is 0 Å². The number of fused-ring (bicyclic) bond motifs is 7. The highest BCUT2D eigenvalue weighted by Crippen LogP contribution is 2.65. The molecular formula is C52H44N4. The minimum absolute atomic E-state index is 0.0464. The van der Waals surface area contributed by atoms with Crippen LogP contribution in [0.1, 0.15) is 62.6 Å². The van der Waals surface area contributed by atoms with Crippen LogP contribution in [0.25, 0.3) is 67.1 Å². The summed E-state index contributed by atoms with van der Waals surface area (Å²) in [6, 6.07) is 53.4. The van der Waals surface area contributed by atoms with E-state index in [1.54, 1.807) is 0 Å². The third-order valence-corrected chi connectivity index (χ3v) is 14.4. The molecule has 56 heavy (non-hydrogen) atoms. The van der Waals surface area contributed by atoms with Crippen molar-refractivity contribution >= 4 is 21.8 Å². The smallest absolute Gasteiger partial charge is 0.164 e. The predicted molar refractivity (Wildman–Crippen MR) is 227 cm³/mol. The van der Waals surface area contributed by atoms with Gasteiger partial charge in [0, 0.05) is 38.4 Å². The van der Waals surface area contributed by atoms with Gasteiger partial charge in [0.2, 0.25) is 0 Å². The van der Waals surface area contributed by atoms with Crippen LogP contribution in [0, 0.1) is 23.7 Å². The van der Waals surface area contributed by atoms with Gasteiger partial charge in [-0.05, 0) is 95.7 Å². The van der Waals surface area contributed by atoms with Gasteiger partial charge in [-0.1, -0.05) is 147 Å².